The van der Waals surface area contributed by atoms with Crippen LogP contribution >= 0.6 is 0 Å². The molecule has 0 atom stereocenters. The van der Waals surface area contributed by atoms with Gasteiger partial charge in [0.05, 0.1) is 24.5 Å². The van der Waals surface area contributed by atoms with E-state index in [4.69, 9.17) is 9.47 Å². The van der Waals surface area contributed by atoms with Crippen molar-refractivity contribution in [3.63, 3.8) is 0 Å². The Morgan fingerprint density at radius 1 is 1.00 bits per heavy atom. The molecule has 36 heavy (non-hydrogen) atoms. The number of hydrogen-bond donors (Lipinski definition) is 1. The lowest BCUT2D eigenvalue weighted by molar-refractivity contribution is -0.137. The zero-order valence-corrected chi connectivity index (χ0v) is 19.3. The molecule has 186 valence electrons. The topological polar surface area (TPSA) is 78.3 Å². The van der Waals surface area contributed by atoms with Crippen LogP contribution in [0.5, 0.6) is 6.01 Å². The fraction of sp³-hybridized carbons (Fsp3) is 0.192. The third kappa shape index (κ3) is 6.28. The summed E-state index contributed by atoms with van der Waals surface area (Å²) in [4.78, 5) is 16.5. The van der Waals surface area contributed by atoms with Crippen molar-refractivity contribution in [2.45, 2.75) is 19.7 Å². The molecule has 0 saturated carbocycles. The largest absolute Gasteiger partial charge is 0.463 e. The number of halogens is 3. The van der Waals surface area contributed by atoms with Crippen molar-refractivity contribution in [3.05, 3.63) is 90.0 Å². The number of nitrogens with zero attached hydrogens (tertiary/aromatic N) is 3. The van der Waals surface area contributed by atoms with Gasteiger partial charge in [-0.3, -0.25) is 4.79 Å². The van der Waals surface area contributed by atoms with Crippen molar-refractivity contribution in [1.82, 2.24) is 14.8 Å². The van der Waals surface area contributed by atoms with Crippen molar-refractivity contribution < 1.29 is 27.4 Å². The second-order valence-electron chi connectivity index (χ2n) is 7.71. The first kappa shape index (κ1) is 24.9. The predicted octanol–water partition coefficient (Wildman–Crippen LogP) is 5.51. The minimum atomic E-state index is -4.49. The Morgan fingerprint density at radius 3 is 2.44 bits per heavy atom. The van der Waals surface area contributed by atoms with E-state index in [9.17, 15) is 18.0 Å². The van der Waals surface area contributed by atoms with E-state index in [1.54, 1.807) is 31.2 Å². The van der Waals surface area contributed by atoms with Crippen molar-refractivity contribution >= 4 is 11.6 Å². The molecule has 0 radical (unpaired) electrons. The molecule has 0 aliphatic rings. The lowest BCUT2D eigenvalue weighted by Crippen LogP contribution is -2.18. The quantitative estimate of drug-likeness (QED) is 0.331. The minimum Gasteiger partial charge on any atom is -0.463 e. The second kappa shape index (κ2) is 11.0. The van der Waals surface area contributed by atoms with E-state index in [1.807, 2.05) is 30.3 Å². The Morgan fingerprint density at radius 2 is 1.75 bits per heavy atom. The molecule has 0 aliphatic heterocycles. The molecule has 0 aliphatic carbocycles. The smallest absolute Gasteiger partial charge is 0.416 e. The molecule has 0 unspecified atom stereocenters. The van der Waals surface area contributed by atoms with E-state index in [0.29, 0.717) is 24.6 Å². The maximum Gasteiger partial charge on any atom is 0.416 e. The van der Waals surface area contributed by atoms with Gasteiger partial charge >= 0.3 is 12.2 Å². The van der Waals surface area contributed by atoms with Crippen molar-refractivity contribution in [1.29, 1.82) is 0 Å². The zero-order valence-electron chi connectivity index (χ0n) is 19.3. The summed E-state index contributed by atoms with van der Waals surface area (Å²) in [6.45, 7) is 2.26. The van der Waals surface area contributed by atoms with Crippen LogP contribution in [0, 0.1) is 0 Å². The van der Waals surface area contributed by atoms with Crippen LogP contribution < -0.4 is 10.1 Å². The van der Waals surface area contributed by atoms with Crippen LogP contribution in [0.3, 0.4) is 0 Å². The summed E-state index contributed by atoms with van der Waals surface area (Å²) in [5.74, 6) is -0.127. The Labute approximate surface area is 205 Å². The van der Waals surface area contributed by atoms with E-state index >= 15 is 0 Å². The van der Waals surface area contributed by atoms with Gasteiger partial charge in [0.25, 0.3) is 0 Å². The lowest BCUT2D eigenvalue weighted by Gasteiger charge is -2.10. The molecule has 1 amide bonds. The third-order valence-corrected chi connectivity index (χ3v) is 5.05. The first-order valence-corrected chi connectivity index (χ1v) is 11.1. The van der Waals surface area contributed by atoms with Crippen molar-refractivity contribution in [2.24, 2.45) is 0 Å². The molecule has 1 aromatic heterocycles. The molecule has 10 heteroatoms. The number of nitrogens with one attached hydrogen (secondary N) is 1. The number of rotatable bonds is 9. The number of aromatic nitrogens is 3. The number of anilines is 1. The molecule has 3 aromatic carbocycles. The first-order chi connectivity index (χ1) is 17.3. The van der Waals surface area contributed by atoms with Gasteiger partial charge in [0.15, 0.2) is 5.82 Å². The molecule has 1 N–H and O–H groups in total. The average molecular weight is 496 g/mol. The van der Waals surface area contributed by atoms with E-state index in [0.717, 1.165) is 17.7 Å². The van der Waals surface area contributed by atoms with Crippen LogP contribution in [-0.4, -0.2) is 33.9 Å². The highest BCUT2D eigenvalue weighted by atomic mass is 19.4. The monoisotopic (exact) mass is 496 g/mol. The van der Waals surface area contributed by atoms with E-state index < -0.39 is 11.7 Å². The molecular formula is C26H23F3N4O3. The van der Waals surface area contributed by atoms with Gasteiger partial charge in [-0.15, -0.1) is 5.10 Å². The molecule has 0 fully saturated rings. The van der Waals surface area contributed by atoms with Crippen LogP contribution in [0.15, 0.2) is 78.9 Å². The summed E-state index contributed by atoms with van der Waals surface area (Å²) in [5.41, 5.74) is 1.46. The molecule has 0 saturated heterocycles. The molecule has 7 nitrogen and oxygen atoms in total. The molecule has 0 bridgehead atoms. The predicted molar refractivity (Wildman–Crippen MR) is 128 cm³/mol. The fourth-order valence-electron chi connectivity index (χ4n) is 3.40. The number of ether oxygens (including phenoxy) is 2. The number of carbonyl (C=O) groups is 1. The summed E-state index contributed by atoms with van der Waals surface area (Å²) in [6.07, 6.45) is -4.49. The summed E-state index contributed by atoms with van der Waals surface area (Å²) in [6, 6.07) is 21.0. The fourth-order valence-corrected chi connectivity index (χ4v) is 3.40. The maximum absolute atomic E-state index is 13.2. The van der Waals surface area contributed by atoms with Gasteiger partial charge in [-0.1, -0.05) is 42.5 Å². The Balaban J connectivity index is 1.49. The van der Waals surface area contributed by atoms with Gasteiger partial charge in [0, 0.05) is 11.3 Å². The van der Waals surface area contributed by atoms with Crippen LogP contribution in [0.25, 0.3) is 17.1 Å². The summed E-state index contributed by atoms with van der Waals surface area (Å²) >= 11 is 0. The normalized spacial score (nSPS) is 11.3. The highest BCUT2D eigenvalue weighted by molar-refractivity contribution is 5.91. The van der Waals surface area contributed by atoms with Gasteiger partial charge < -0.3 is 14.8 Å². The standard InChI is InChI=1S/C26H23F3N4O3/c1-2-36-25-31-24(19-9-6-10-20(15-19)26(27,28)29)33(32-25)22-13-11-21(12-14-22)30-23(34)17-35-16-18-7-4-3-5-8-18/h3-15H,2,16-17H2,1H3,(H,30,34). The van der Waals surface area contributed by atoms with Crippen LogP contribution in [-0.2, 0) is 22.3 Å². The lowest BCUT2D eigenvalue weighted by atomic mass is 10.1. The minimum absolute atomic E-state index is 0.0397. The average Bonchev–Trinajstić information content (AvgIpc) is 3.29. The number of hydrogen-bond acceptors (Lipinski definition) is 5. The first-order valence-electron chi connectivity index (χ1n) is 11.1. The van der Waals surface area contributed by atoms with Crippen LogP contribution in [0.1, 0.15) is 18.1 Å². The van der Waals surface area contributed by atoms with Gasteiger partial charge in [0.2, 0.25) is 5.91 Å². The van der Waals surface area contributed by atoms with Gasteiger partial charge in [-0.05, 0) is 48.9 Å². The SMILES string of the molecule is CCOc1nc(-c2cccc(C(F)(F)F)c2)n(-c2ccc(NC(=O)COCc3ccccc3)cc2)n1. The highest BCUT2D eigenvalue weighted by Gasteiger charge is 2.31. The summed E-state index contributed by atoms with van der Waals surface area (Å²) in [7, 11) is 0. The number of alkyl halides is 3. The van der Waals surface area contributed by atoms with Gasteiger partial charge in [-0.25, -0.2) is 4.68 Å². The molecule has 4 rings (SSSR count). The van der Waals surface area contributed by atoms with Crippen LogP contribution in [0.4, 0.5) is 18.9 Å². The van der Waals surface area contributed by atoms with E-state index in [1.165, 1.54) is 16.8 Å². The van der Waals surface area contributed by atoms with E-state index in [-0.39, 0.29) is 29.9 Å². The van der Waals surface area contributed by atoms with Crippen molar-refractivity contribution in [3.8, 4) is 23.1 Å². The molecule has 1 heterocycles. The maximum atomic E-state index is 13.2. The Hall–Kier alpha value is -4.18. The van der Waals surface area contributed by atoms with Crippen molar-refractivity contribution in [2.75, 3.05) is 18.5 Å². The van der Waals surface area contributed by atoms with Gasteiger partial charge in [0.1, 0.15) is 6.61 Å². The third-order valence-electron chi connectivity index (χ3n) is 5.05. The molecule has 4 aromatic rings. The number of benzene rings is 3. The molecule has 0 spiro atoms. The summed E-state index contributed by atoms with van der Waals surface area (Å²) < 4.78 is 51.9. The van der Waals surface area contributed by atoms with Gasteiger partial charge in [-0.2, -0.15) is 18.2 Å². The second-order valence-corrected chi connectivity index (χ2v) is 7.71. The Bertz CT molecular complexity index is 1310. The molecular weight excluding hydrogens is 473 g/mol. The number of carbonyl (C=O) groups excluding carboxylic acids is 1. The zero-order chi connectivity index (χ0) is 25.5. The summed E-state index contributed by atoms with van der Waals surface area (Å²) in [5, 5.41) is 7.04. The highest BCUT2D eigenvalue weighted by Crippen LogP contribution is 2.33. The Kier molecular flexibility index (Phi) is 7.65. The van der Waals surface area contributed by atoms with E-state index in [2.05, 4.69) is 15.4 Å². The number of amides is 1. The van der Waals surface area contributed by atoms with Crippen LogP contribution in [0.2, 0.25) is 0 Å².